The molecule has 1 aromatic heterocycles. The van der Waals surface area contributed by atoms with Gasteiger partial charge in [0.1, 0.15) is 5.69 Å². The number of carbonyl (C=O) groups is 3. The first-order valence-corrected chi connectivity index (χ1v) is 9.16. The fraction of sp³-hybridized carbons (Fsp3) is 0.105. The smallest absolute Gasteiger partial charge is 0.323 e. The lowest BCUT2D eigenvalue weighted by atomic mass is 9.99. The molecule has 0 fully saturated rings. The van der Waals surface area contributed by atoms with Gasteiger partial charge in [-0.1, -0.05) is 6.07 Å². The highest BCUT2D eigenvalue weighted by Crippen LogP contribution is 2.19. The number of ether oxygens (including phenoxy) is 1. The third kappa shape index (κ3) is 5.07. The number of methoxy groups -OCH3 is 1. The van der Waals surface area contributed by atoms with E-state index in [-0.39, 0.29) is 28.1 Å². The Morgan fingerprint density at radius 1 is 1.09 bits per heavy atom. The van der Waals surface area contributed by atoms with Gasteiger partial charge in [-0.3, -0.25) is 19.2 Å². The molecule has 0 bridgehead atoms. The topological polar surface area (TPSA) is 214 Å². The maximum Gasteiger partial charge on any atom is 0.323 e. The predicted molar refractivity (Wildman–Crippen MR) is 109 cm³/mol. The summed E-state index contributed by atoms with van der Waals surface area (Å²) in [5.41, 5.74) is -1.85. The van der Waals surface area contributed by atoms with E-state index in [2.05, 4.69) is 20.0 Å². The Kier molecular flexibility index (Phi) is 6.88. The van der Waals surface area contributed by atoms with Crippen LogP contribution in [0.2, 0.25) is 0 Å². The standard InChI is InChI=1S/C19H17N5O9/c1-33-19(28)14(16(25)18(27)20-9-3-2-4-10(7-9)23(29)30)15-17(26)22-13-8-11(24(31)32)5-6-12(13)21-15/h2-8,14,23-24,29,31H,1H3,(H,20,27)(H,22,26). The van der Waals surface area contributed by atoms with Gasteiger partial charge in [0.2, 0.25) is 5.78 Å². The predicted octanol–water partition coefficient (Wildman–Crippen LogP) is -1.81. The zero-order chi connectivity index (χ0) is 24.3. The highest BCUT2D eigenvalue weighted by molar-refractivity contribution is 6.45. The van der Waals surface area contributed by atoms with Crippen molar-refractivity contribution in [1.82, 2.24) is 9.97 Å². The lowest BCUT2D eigenvalue weighted by Crippen LogP contribution is -2.99. The van der Waals surface area contributed by atoms with Gasteiger partial charge in [-0.25, -0.2) is 15.4 Å². The minimum absolute atomic E-state index is 0.0292. The number of aromatic amines is 1. The highest BCUT2D eigenvalue weighted by atomic mass is 16.8. The number of benzene rings is 2. The SMILES string of the molecule is COC(=O)C(C(=O)C(=O)Nc1cccc([NH+]([O-])O)c1)c1nc2ccc([NH+]([O-])O)cc2[nH]c1=O. The zero-order valence-electron chi connectivity index (χ0n) is 16.8. The van der Waals surface area contributed by atoms with Gasteiger partial charge in [-0.05, 0) is 12.1 Å². The summed E-state index contributed by atoms with van der Waals surface area (Å²) < 4.78 is 4.57. The molecule has 14 nitrogen and oxygen atoms in total. The molecule has 3 atom stereocenters. The Bertz CT molecular complexity index is 1290. The number of hydrogen-bond donors (Lipinski definition) is 6. The first-order chi connectivity index (χ1) is 15.6. The van der Waals surface area contributed by atoms with Crippen molar-refractivity contribution in [2.75, 3.05) is 12.4 Å². The number of anilines is 1. The van der Waals surface area contributed by atoms with Crippen LogP contribution in [0.1, 0.15) is 11.6 Å². The van der Waals surface area contributed by atoms with Gasteiger partial charge < -0.3 is 25.5 Å². The maximum absolute atomic E-state index is 12.8. The second-order valence-corrected chi connectivity index (χ2v) is 6.65. The highest BCUT2D eigenvalue weighted by Gasteiger charge is 2.37. The van der Waals surface area contributed by atoms with Crippen LogP contribution in [-0.4, -0.2) is 45.2 Å². The summed E-state index contributed by atoms with van der Waals surface area (Å²) in [6, 6.07) is 8.64. The van der Waals surface area contributed by atoms with Crippen molar-refractivity contribution in [3.05, 3.63) is 68.9 Å². The van der Waals surface area contributed by atoms with Crippen LogP contribution in [0.4, 0.5) is 17.1 Å². The van der Waals surface area contributed by atoms with Crippen LogP contribution >= 0.6 is 0 Å². The quantitative estimate of drug-likeness (QED) is 0.101. The molecule has 0 aliphatic rings. The number of esters is 1. The molecule has 33 heavy (non-hydrogen) atoms. The number of ketones is 1. The normalized spacial score (nSPS) is 13.7. The average molecular weight is 459 g/mol. The number of aromatic nitrogens is 2. The number of amides is 1. The number of nitrogens with zero attached hydrogens (tertiary/aromatic N) is 1. The van der Waals surface area contributed by atoms with Crippen molar-refractivity contribution in [2.45, 2.75) is 5.92 Å². The van der Waals surface area contributed by atoms with E-state index in [1.165, 1.54) is 30.3 Å². The van der Waals surface area contributed by atoms with Gasteiger partial charge in [-0.2, -0.15) is 10.5 Å². The van der Waals surface area contributed by atoms with E-state index in [1.807, 2.05) is 0 Å². The van der Waals surface area contributed by atoms with Crippen molar-refractivity contribution < 1.29 is 40.0 Å². The lowest BCUT2D eigenvalue weighted by molar-refractivity contribution is -0.991. The van der Waals surface area contributed by atoms with Crippen molar-refractivity contribution in [3.8, 4) is 0 Å². The molecule has 3 unspecified atom stereocenters. The minimum atomic E-state index is -2.02. The van der Waals surface area contributed by atoms with E-state index in [9.17, 15) is 29.6 Å². The molecule has 0 radical (unpaired) electrons. The fourth-order valence-corrected chi connectivity index (χ4v) is 2.94. The van der Waals surface area contributed by atoms with E-state index >= 15 is 0 Å². The number of rotatable bonds is 7. The molecule has 3 aromatic rings. The molecule has 0 saturated heterocycles. The van der Waals surface area contributed by atoms with E-state index in [0.29, 0.717) is 0 Å². The van der Waals surface area contributed by atoms with E-state index < -0.39 is 45.3 Å². The Labute approximate surface area is 183 Å². The third-order valence-corrected chi connectivity index (χ3v) is 4.53. The van der Waals surface area contributed by atoms with Gasteiger partial charge in [0, 0.05) is 30.0 Å². The van der Waals surface area contributed by atoms with Gasteiger partial charge in [0.25, 0.3) is 11.5 Å². The molecule has 3 rings (SSSR count). The molecule has 1 amide bonds. The average Bonchev–Trinajstić information content (AvgIpc) is 2.78. The Morgan fingerprint density at radius 2 is 1.76 bits per heavy atom. The second kappa shape index (κ2) is 9.61. The molecule has 2 aromatic carbocycles. The summed E-state index contributed by atoms with van der Waals surface area (Å²) in [5.74, 6) is -5.93. The van der Waals surface area contributed by atoms with Crippen LogP contribution in [0.25, 0.3) is 11.0 Å². The summed E-state index contributed by atoms with van der Waals surface area (Å²) in [6.45, 7) is 0. The Balaban J connectivity index is 1.98. The summed E-state index contributed by atoms with van der Waals surface area (Å²) in [5, 5.41) is 40.0. The van der Waals surface area contributed by atoms with Crippen LogP contribution in [0.15, 0.2) is 47.3 Å². The molecule has 0 aliphatic carbocycles. The van der Waals surface area contributed by atoms with Crippen LogP contribution in [0, 0.1) is 10.4 Å². The molecule has 6 N–H and O–H groups in total. The van der Waals surface area contributed by atoms with E-state index in [1.54, 1.807) is 0 Å². The van der Waals surface area contributed by atoms with Crippen molar-refractivity contribution in [3.63, 3.8) is 0 Å². The molecule has 0 aliphatic heterocycles. The van der Waals surface area contributed by atoms with Gasteiger partial charge >= 0.3 is 5.97 Å². The maximum atomic E-state index is 12.8. The van der Waals surface area contributed by atoms with Crippen LogP contribution in [0.3, 0.4) is 0 Å². The van der Waals surface area contributed by atoms with E-state index in [4.69, 9.17) is 10.4 Å². The Hall–Kier alpha value is -4.05. The first kappa shape index (κ1) is 23.6. The largest absolute Gasteiger partial charge is 0.595 e. The number of nitrogens with one attached hydrogen (secondary N) is 4. The van der Waals surface area contributed by atoms with Crippen LogP contribution in [-0.2, 0) is 19.1 Å². The summed E-state index contributed by atoms with van der Waals surface area (Å²) >= 11 is 0. The Morgan fingerprint density at radius 3 is 2.39 bits per heavy atom. The van der Waals surface area contributed by atoms with E-state index in [0.717, 1.165) is 19.2 Å². The molecular weight excluding hydrogens is 442 g/mol. The molecule has 172 valence electrons. The van der Waals surface area contributed by atoms with Crippen molar-refractivity contribution >= 4 is 45.8 Å². The third-order valence-electron chi connectivity index (χ3n) is 4.53. The lowest BCUT2D eigenvalue weighted by Gasteiger charge is -2.15. The van der Waals surface area contributed by atoms with Gasteiger partial charge in [-0.15, -0.1) is 0 Å². The number of Topliss-reactive ketones (excluding diaryl/α,β-unsaturated/α-hetero) is 1. The second-order valence-electron chi connectivity index (χ2n) is 6.65. The number of quaternary nitrogens is 2. The zero-order valence-corrected chi connectivity index (χ0v) is 16.8. The fourth-order valence-electron chi connectivity index (χ4n) is 2.94. The minimum Gasteiger partial charge on any atom is -0.595 e. The molecule has 0 saturated carbocycles. The van der Waals surface area contributed by atoms with Crippen LogP contribution < -0.4 is 21.3 Å². The number of hydrogen-bond acceptors (Lipinski definition) is 10. The molecule has 14 heteroatoms. The summed E-state index contributed by atoms with van der Waals surface area (Å²) in [4.78, 5) is 56.5. The number of fused-ring (bicyclic) bond motifs is 1. The monoisotopic (exact) mass is 459 g/mol. The number of H-pyrrole nitrogens is 1. The summed E-state index contributed by atoms with van der Waals surface area (Å²) in [6.07, 6.45) is 0. The van der Waals surface area contributed by atoms with Crippen molar-refractivity contribution in [1.29, 1.82) is 0 Å². The molecule has 1 heterocycles. The molecular formula is C19H17N5O9. The number of carbonyl (C=O) groups excluding carboxylic acids is 3. The first-order valence-electron chi connectivity index (χ1n) is 9.16. The van der Waals surface area contributed by atoms with Crippen LogP contribution in [0.5, 0.6) is 0 Å². The van der Waals surface area contributed by atoms with Gasteiger partial charge in [0.05, 0.1) is 18.1 Å². The van der Waals surface area contributed by atoms with Gasteiger partial charge in [0.15, 0.2) is 17.3 Å². The molecule has 0 spiro atoms. The summed E-state index contributed by atoms with van der Waals surface area (Å²) in [7, 11) is 0.950. The van der Waals surface area contributed by atoms with Crippen molar-refractivity contribution in [2.24, 2.45) is 0 Å².